The van der Waals surface area contributed by atoms with E-state index in [0.717, 1.165) is 47.0 Å². The van der Waals surface area contributed by atoms with E-state index in [0.29, 0.717) is 17.9 Å². The minimum absolute atomic E-state index is 0.234. The van der Waals surface area contributed by atoms with Gasteiger partial charge in [0.15, 0.2) is 0 Å². The van der Waals surface area contributed by atoms with Crippen LogP contribution in [0.25, 0.3) is 11.0 Å². The highest BCUT2D eigenvalue weighted by Gasteiger charge is 2.12. The number of hydrogen-bond acceptors (Lipinski definition) is 4. The van der Waals surface area contributed by atoms with Gasteiger partial charge in [0.05, 0.1) is 0 Å². The lowest BCUT2D eigenvalue weighted by atomic mass is 10.0. The number of benzene rings is 2. The van der Waals surface area contributed by atoms with Gasteiger partial charge >= 0.3 is 5.63 Å². The molecule has 0 atom stereocenters. The van der Waals surface area contributed by atoms with Gasteiger partial charge in [-0.2, -0.15) is 0 Å². The van der Waals surface area contributed by atoms with Gasteiger partial charge in [0.1, 0.15) is 17.9 Å². The Kier molecular flexibility index (Phi) is 5.84. The molecule has 0 amide bonds. The van der Waals surface area contributed by atoms with E-state index in [1.54, 1.807) is 0 Å². The highest BCUT2D eigenvalue weighted by Crippen LogP contribution is 2.27. The van der Waals surface area contributed by atoms with E-state index in [2.05, 4.69) is 25.2 Å². The Labute approximate surface area is 160 Å². The average molecular weight is 365 g/mol. The van der Waals surface area contributed by atoms with Crippen molar-refractivity contribution in [1.29, 1.82) is 0 Å². The quantitative estimate of drug-likeness (QED) is 0.572. The molecule has 0 spiro atoms. The molecule has 0 radical (unpaired) electrons. The first-order valence-electron chi connectivity index (χ1n) is 9.50. The van der Waals surface area contributed by atoms with Crippen LogP contribution in [0.2, 0.25) is 0 Å². The molecule has 0 saturated heterocycles. The molecule has 3 aromatic rings. The highest BCUT2D eigenvalue weighted by atomic mass is 16.5. The van der Waals surface area contributed by atoms with Crippen LogP contribution in [0.5, 0.6) is 5.75 Å². The zero-order valence-electron chi connectivity index (χ0n) is 16.5. The summed E-state index contributed by atoms with van der Waals surface area (Å²) in [4.78, 5) is 12.4. The fourth-order valence-corrected chi connectivity index (χ4v) is 3.39. The van der Waals surface area contributed by atoms with Crippen LogP contribution < -0.4 is 15.7 Å². The third kappa shape index (κ3) is 4.00. The fourth-order valence-electron chi connectivity index (χ4n) is 3.39. The number of rotatable bonds is 7. The molecular weight excluding hydrogens is 338 g/mol. The lowest BCUT2D eigenvalue weighted by Gasteiger charge is -2.14. The fraction of sp³-hybridized carbons (Fsp3) is 0.348. The van der Waals surface area contributed by atoms with Crippen molar-refractivity contribution >= 4 is 16.7 Å². The van der Waals surface area contributed by atoms with Crippen molar-refractivity contribution in [3.63, 3.8) is 0 Å². The van der Waals surface area contributed by atoms with Gasteiger partial charge in [0.25, 0.3) is 0 Å². The van der Waals surface area contributed by atoms with Gasteiger partial charge in [-0.1, -0.05) is 25.5 Å². The van der Waals surface area contributed by atoms with E-state index >= 15 is 0 Å². The minimum atomic E-state index is -0.234. The summed E-state index contributed by atoms with van der Waals surface area (Å²) in [5.74, 6) is 0.691. The van der Waals surface area contributed by atoms with Crippen molar-refractivity contribution in [1.82, 2.24) is 0 Å². The molecule has 1 aromatic heterocycles. The Morgan fingerprint density at radius 2 is 1.93 bits per heavy atom. The zero-order chi connectivity index (χ0) is 19.4. The first-order chi connectivity index (χ1) is 13.0. The molecule has 0 aliphatic carbocycles. The predicted octanol–water partition coefficient (Wildman–Crippen LogP) is 5.37. The molecule has 142 valence electrons. The monoisotopic (exact) mass is 365 g/mol. The molecule has 0 saturated carbocycles. The zero-order valence-corrected chi connectivity index (χ0v) is 16.5. The Balaban J connectivity index is 1.88. The van der Waals surface area contributed by atoms with Crippen LogP contribution in [-0.4, -0.2) is 7.05 Å². The number of unbranched alkanes of at least 4 members (excludes halogenated alkanes) is 1. The second-order valence-corrected chi connectivity index (χ2v) is 6.89. The molecule has 0 unspecified atom stereocenters. The van der Waals surface area contributed by atoms with Crippen molar-refractivity contribution in [2.24, 2.45) is 0 Å². The maximum absolute atomic E-state index is 12.4. The standard InChI is InChI=1S/C23H27NO3/c1-5-6-9-19-16(3)18-12-11-17(13-22(18)27-23(19)25)26-14-20-15(2)8-7-10-21(20)24-4/h7-8,10-13,24H,5-6,9,14H2,1-4H3. The van der Waals surface area contributed by atoms with Crippen LogP contribution in [0, 0.1) is 13.8 Å². The molecule has 1 N–H and O–H groups in total. The summed E-state index contributed by atoms with van der Waals surface area (Å²) in [6.07, 6.45) is 2.80. The number of hydrogen-bond donors (Lipinski definition) is 1. The number of aryl methyl sites for hydroxylation is 2. The Hall–Kier alpha value is -2.75. The van der Waals surface area contributed by atoms with Crippen molar-refractivity contribution in [2.75, 3.05) is 12.4 Å². The van der Waals surface area contributed by atoms with Crippen LogP contribution >= 0.6 is 0 Å². The van der Waals surface area contributed by atoms with E-state index in [1.165, 1.54) is 5.56 Å². The first kappa shape index (κ1) is 19.0. The van der Waals surface area contributed by atoms with E-state index < -0.39 is 0 Å². The van der Waals surface area contributed by atoms with E-state index in [4.69, 9.17) is 9.15 Å². The summed E-state index contributed by atoms with van der Waals surface area (Å²) in [5.41, 5.74) is 5.49. The van der Waals surface area contributed by atoms with Crippen LogP contribution in [0.4, 0.5) is 5.69 Å². The van der Waals surface area contributed by atoms with Crippen molar-refractivity contribution in [3.05, 3.63) is 69.1 Å². The van der Waals surface area contributed by atoms with Crippen LogP contribution in [0.15, 0.2) is 45.6 Å². The number of ether oxygens (including phenoxy) is 1. The van der Waals surface area contributed by atoms with Crippen LogP contribution in [0.3, 0.4) is 0 Å². The van der Waals surface area contributed by atoms with Crippen LogP contribution in [0.1, 0.15) is 42.0 Å². The van der Waals surface area contributed by atoms with Gasteiger partial charge in [-0.3, -0.25) is 0 Å². The summed E-state index contributed by atoms with van der Waals surface area (Å²) in [6, 6.07) is 11.9. The summed E-state index contributed by atoms with van der Waals surface area (Å²) >= 11 is 0. The lowest BCUT2D eigenvalue weighted by molar-refractivity contribution is 0.306. The van der Waals surface area contributed by atoms with E-state index in [9.17, 15) is 4.79 Å². The molecular formula is C23H27NO3. The first-order valence-corrected chi connectivity index (χ1v) is 9.50. The van der Waals surface area contributed by atoms with Crippen LogP contribution in [-0.2, 0) is 13.0 Å². The van der Waals surface area contributed by atoms with Gasteiger partial charge in [-0.15, -0.1) is 0 Å². The molecule has 0 fully saturated rings. The van der Waals surface area contributed by atoms with E-state index in [1.807, 2.05) is 44.3 Å². The van der Waals surface area contributed by atoms with Crippen molar-refractivity contribution in [3.8, 4) is 5.75 Å². The van der Waals surface area contributed by atoms with Crippen molar-refractivity contribution < 1.29 is 9.15 Å². The Morgan fingerprint density at radius 1 is 1.11 bits per heavy atom. The molecule has 1 heterocycles. The minimum Gasteiger partial charge on any atom is -0.489 e. The maximum atomic E-state index is 12.4. The lowest BCUT2D eigenvalue weighted by Crippen LogP contribution is -2.10. The molecule has 4 heteroatoms. The molecule has 0 aliphatic rings. The van der Waals surface area contributed by atoms with Gasteiger partial charge in [-0.25, -0.2) is 4.79 Å². The normalized spacial score (nSPS) is 11.0. The molecule has 27 heavy (non-hydrogen) atoms. The second-order valence-electron chi connectivity index (χ2n) is 6.89. The van der Waals surface area contributed by atoms with Gasteiger partial charge < -0.3 is 14.5 Å². The van der Waals surface area contributed by atoms with Gasteiger partial charge in [0.2, 0.25) is 0 Å². The molecule has 3 rings (SSSR count). The predicted molar refractivity (Wildman–Crippen MR) is 111 cm³/mol. The topological polar surface area (TPSA) is 51.5 Å². The third-order valence-electron chi connectivity index (χ3n) is 5.10. The highest BCUT2D eigenvalue weighted by molar-refractivity contribution is 5.82. The Bertz CT molecular complexity index is 1000. The largest absolute Gasteiger partial charge is 0.489 e. The van der Waals surface area contributed by atoms with Gasteiger partial charge in [0, 0.05) is 35.3 Å². The number of fused-ring (bicyclic) bond motifs is 1. The third-order valence-corrected chi connectivity index (χ3v) is 5.10. The van der Waals surface area contributed by atoms with E-state index in [-0.39, 0.29) is 5.63 Å². The SMILES string of the molecule is CCCCc1c(C)c2ccc(OCc3c(C)cccc3NC)cc2oc1=O. The molecule has 4 nitrogen and oxygen atoms in total. The average Bonchev–Trinajstić information content (AvgIpc) is 2.66. The Morgan fingerprint density at radius 3 is 2.67 bits per heavy atom. The van der Waals surface area contributed by atoms with Crippen molar-refractivity contribution in [2.45, 2.75) is 46.6 Å². The summed E-state index contributed by atoms with van der Waals surface area (Å²) < 4.78 is 11.6. The van der Waals surface area contributed by atoms with Gasteiger partial charge in [-0.05, 0) is 56.0 Å². The number of anilines is 1. The summed E-state index contributed by atoms with van der Waals surface area (Å²) in [6.45, 7) is 6.64. The smallest absolute Gasteiger partial charge is 0.339 e. The second kappa shape index (κ2) is 8.30. The maximum Gasteiger partial charge on any atom is 0.339 e. The summed E-state index contributed by atoms with van der Waals surface area (Å²) in [7, 11) is 1.90. The molecule has 0 aliphatic heterocycles. The summed E-state index contributed by atoms with van der Waals surface area (Å²) in [5, 5.41) is 4.17. The molecule has 0 bridgehead atoms. The number of nitrogens with one attached hydrogen (secondary N) is 1. The molecule has 2 aromatic carbocycles.